The van der Waals surface area contributed by atoms with Gasteiger partial charge in [0.25, 0.3) is 0 Å². The van der Waals surface area contributed by atoms with Crippen molar-refractivity contribution in [2.75, 3.05) is 20.6 Å². The fourth-order valence-electron chi connectivity index (χ4n) is 1.89. The molecule has 20 heavy (non-hydrogen) atoms. The van der Waals surface area contributed by atoms with Crippen LogP contribution in [0.2, 0.25) is 0 Å². The number of carbonyl (C=O) groups is 1. The summed E-state index contributed by atoms with van der Waals surface area (Å²) < 4.78 is 2.42. The highest BCUT2D eigenvalue weighted by Gasteiger charge is 2.21. The summed E-state index contributed by atoms with van der Waals surface area (Å²) in [7, 11) is 3.98. The highest BCUT2D eigenvalue weighted by molar-refractivity contribution is 9.10. The molecule has 2 aromatic rings. The Morgan fingerprint density at radius 1 is 1.45 bits per heavy atom. The molecule has 0 saturated carbocycles. The molecule has 0 amide bonds. The lowest BCUT2D eigenvalue weighted by molar-refractivity contribution is 0.102. The van der Waals surface area contributed by atoms with Crippen LogP contribution in [0.5, 0.6) is 0 Å². The van der Waals surface area contributed by atoms with E-state index in [-0.39, 0.29) is 5.78 Å². The van der Waals surface area contributed by atoms with Gasteiger partial charge in [0, 0.05) is 12.7 Å². The molecule has 2 aromatic heterocycles. The highest BCUT2D eigenvalue weighted by atomic mass is 79.9. The van der Waals surface area contributed by atoms with Gasteiger partial charge in [0.05, 0.1) is 17.2 Å². The van der Waals surface area contributed by atoms with Crippen molar-refractivity contribution in [3.8, 4) is 0 Å². The van der Waals surface area contributed by atoms with E-state index in [1.54, 1.807) is 17.1 Å². The van der Waals surface area contributed by atoms with Crippen molar-refractivity contribution < 1.29 is 4.79 Å². The van der Waals surface area contributed by atoms with Crippen molar-refractivity contribution in [1.29, 1.82) is 0 Å². The third kappa shape index (κ3) is 3.13. The summed E-state index contributed by atoms with van der Waals surface area (Å²) in [6.07, 6.45) is 3.29. The summed E-state index contributed by atoms with van der Waals surface area (Å²) in [4.78, 5) is 18.9. The van der Waals surface area contributed by atoms with Crippen LogP contribution in [0.25, 0.3) is 0 Å². The van der Waals surface area contributed by atoms with Crippen molar-refractivity contribution in [2.24, 2.45) is 0 Å². The summed E-state index contributed by atoms with van der Waals surface area (Å²) in [6.45, 7) is 3.36. The zero-order chi connectivity index (χ0) is 14.7. The maximum atomic E-state index is 12.6. The Labute approximate surface area is 126 Å². The van der Waals surface area contributed by atoms with E-state index in [4.69, 9.17) is 0 Å². The second kappa shape index (κ2) is 6.28. The van der Waals surface area contributed by atoms with Gasteiger partial charge in [-0.1, -0.05) is 6.07 Å². The Bertz CT molecular complexity index is 621. The number of aromatic nitrogens is 3. The third-order valence-electron chi connectivity index (χ3n) is 2.99. The molecule has 2 heterocycles. The van der Waals surface area contributed by atoms with E-state index < -0.39 is 0 Å². The number of hydrogen-bond acceptors (Lipinski definition) is 4. The monoisotopic (exact) mass is 336 g/mol. The van der Waals surface area contributed by atoms with E-state index in [0.717, 1.165) is 12.1 Å². The second-order valence-electron chi connectivity index (χ2n) is 4.87. The summed E-state index contributed by atoms with van der Waals surface area (Å²) in [6, 6.07) is 3.71. The molecule has 0 fully saturated rings. The van der Waals surface area contributed by atoms with Crippen LogP contribution in [0.3, 0.4) is 0 Å². The van der Waals surface area contributed by atoms with Crippen molar-refractivity contribution in [3.63, 3.8) is 0 Å². The van der Waals surface area contributed by atoms with Gasteiger partial charge in [-0.2, -0.15) is 5.10 Å². The van der Waals surface area contributed by atoms with Crippen LogP contribution in [-0.2, 0) is 6.54 Å². The number of likely N-dealkylation sites (N-methyl/N-ethyl adjacent to an activating group) is 1. The molecule has 2 rings (SSSR count). The van der Waals surface area contributed by atoms with Gasteiger partial charge >= 0.3 is 0 Å². The van der Waals surface area contributed by atoms with Crippen LogP contribution in [0.1, 0.15) is 21.7 Å². The number of carbonyl (C=O) groups excluding carboxylic acids is 1. The zero-order valence-electron chi connectivity index (χ0n) is 11.8. The summed E-state index contributed by atoms with van der Waals surface area (Å²) in [5.41, 5.74) is 1.89. The first-order chi connectivity index (χ1) is 9.50. The average Bonchev–Trinajstić information content (AvgIpc) is 2.77. The van der Waals surface area contributed by atoms with Crippen LogP contribution in [0.4, 0.5) is 0 Å². The largest absolute Gasteiger partial charge is 0.308 e. The number of halogens is 1. The molecule has 6 heteroatoms. The highest BCUT2D eigenvalue weighted by Crippen LogP contribution is 2.20. The summed E-state index contributed by atoms with van der Waals surface area (Å²) >= 11 is 3.40. The Morgan fingerprint density at radius 2 is 2.20 bits per heavy atom. The Hall–Kier alpha value is -1.53. The van der Waals surface area contributed by atoms with Crippen molar-refractivity contribution in [2.45, 2.75) is 13.5 Å². The maximum absolute atomic E-state index is 12.6. The van der Waals surface area contributed by atoms with Crippen LogP contribution in [-0.4, -0.2) is 46.1 Å². The van der Waals surface area contributed by atoms with Crippen molar-refractivity contribution in [1.82, 2.24) is 19.7 Å². The lowest BCUT2D eigenvalue weighted by atomic mass is 10.1. The quantitative estimate of drug-likeness (QED) is 0.785. The summed E-state index contributed by atoms with van der Waals surface area (Å²) in [5, 5.41) is 4.26. The number of nitrogens with zero attached hydrogens (tertiary/aromatic N) is 4. The number of ketones is 1. The molecule has 0 saturated heterocycles. The molecule has 0 spiro atoms. The molecule has 0 aromatic carbocycles. The first-order valence-electron chi connectivity index (χ1n) is 6.33. The molecule has 0 aliphatic rings. The lowest BCUT2D eigenvalue weighted by Gasteiger charge is -2.12. The molecule has 0 N–H and O–H groups in total. The molecule has 5 nitrogen and oxygen atoms in total. The Kier molecular flexibility index (Phi) is 4.67. The fourth-order valence-corrected chi connectivity index (χ4v) is 2.36. The lowest BCUT2D eigenvalue weighted by Crippen LogP contribution is -2.22. The average molecular weight is 337 g/mol. The van der Waals surface area contributed by atoms with E-state index in [9.17, 15) is 4.79 Å². The molecule has 106 valence electrons. The van der Waals surface area contributed by atoms with Crippen LogP contribution in [0, 0.1) is 6.92 Å². The van der Waals surface area contributed by atoms with E-state index in [1.165, 1.54) is 0 Å². The second-order valence-corrected chi connectivity index (χ2v) is 5.72. The molecule has 0 aliphatic carbocycles. The minimum atomic E-state index is -0.105. The maximum Gasteiger partial charge on any atom is 0.230 e. The minimum Gasteiger partial charge on any atom is -0.308 e. The minimum absolute atomic E-state index is 0.105. The first-order valence-corrected chi connectivity index (χ1v) is 7.12. The van der Waals surface area contributed by atoms with Gasteiger partial charge in [-0.25, -0.2) is 0 Å². The topological polar surface area (TPSA) is 51.0 Å². The molecule has 0 unspecified atom stereocenters. The van der Waals surface area contributed by atoms with Gasteiger partial charge in [0.2, 0.25) is 5.78 Å². The molecule has 0 aliphatic heterocycles. The smallest absolute Gasteiger partial charge is 0.230 e. The number of pyridine rings is 1. The molecule has 0 bridgehead atoms. The normalized spacial score (nSPS) is 11.1. The third-order valence-corrected chi connectivity index (χ3v) is 3.57. The SMILES string of the molecule is Cc1cccnc1C(=O)c1c(Br)cnn1CCN(C)C. The Balaban J connectivity index is 2.35. The fraction of sp³-hybridized carbons (Fsp3) is 0.357. The van der Waals surface area contributed by atoms with Crippen LogP contribution < -0.4 is 0 Å². The van der Waals surface area contributed by atoms with E-state index in [0.29, 0.717) is 22.4 Å². The molecule has 0 radical (unpaired) electrons. The van der Waals surface area contributed by atoms with Crippen LogP contribution >= 0.6 is 15.9 Å². The van der Waals surface area contributed by atoms with Crippen molar-refractivity contribution >= 4 is 21.7 Å². The first kappa shape index (κ1) is 14.9. The van der Waals surface area contributed by atoms with Crippen LogP contribution in [0.15, 0.2) is 29.0 Å². The zero-order valence-corrected chi connectivity index (χ0v) is 13.4. The summed E-state index contributed by atoms with van der Waals surface area (Å²) in [5.74, 6) is -0.105. The molecular formula is C14H17BrN4O. The van der Waals surface area contributed by atoms with E-state index in [2.05, 4.69) is 30.9 Å². The van der Waals surface area contributed by atoms with Gasteiger partial charge in [0.1, 0.15) is 11.4 Å². The van der Waals surface area contributed by atoms with Gasteiger partial charge in [0.15, 0.2) is 0 Å². The van der Waals surface area contributed by atoms with Gasteiger partial charge in [-0.05, 0) is 48.6 Å². The predicted octanol–water partition coefficient (Wildman–Crippen LogP) is 2.14. The predicted molar refractivity (Wildman–Crippen MR) is 80.9 cm³/mol. The van der Waals surface area contributed by atoms with E-state index in [1.807, 2.05) is 33.2 Å². The van der Waals surface area contributed by atoms with Crippen molar-refractivity contribution in [3.05, 3.63) is 46.0 Å². The van der Waals surface area contributed by atoms with E-state index >= 15 is 0 Å². The number of rotatable bonds is 5. The number of aryl methyl sites for hydroxylation is 1. The Morgan fingerprint density at radius 3 is 2.85 bits per heavy atom. The molecule has 0 atom stereocenters. The molecular weight excluding hydrogens is 320 g/mol. The van der Waals surface area contributed by atoms with Gasteiger partial charge in [-0.15, -0.1) is 0 Å². The van der Waals surface area contributed by atoms with Gasteiger partial charge in [-0.3, -0.25) is 14.5 Å². The number of hydrogen-bond donors (Lipinski definition) is 0. The standard InChI is InChI=1S/C14H17BrN4O/c1-10-5-4-6-16-12(10)14(20)13-11(15)9-17-19(13)8-7-18(2)3/h4-6,9H,7-8H2,1-3H3. The van der Waals surface area contributed by atoms with Gasteiger partial charge < -0.3 is 4.90 Å².